The molecule has 1 aromatic heterocycles. The minimum Gasteiger partial charge on any atom is -0.507 e. The number of nitrogens with zero attached hydrogens (tertiary/aromatic N) is 2. The predicted octanol–water partition coefficient (Wildman–Crippen LogP) is 3.95. The second kappa shape index (κ2) is 8.13. The number of aromatic nitrogens is 1. The van der Waals surface area contributed by atoms with E-state index in [2.05, 4.69) is 31.4 Å². The van der Waals surface area contributed by atoms with Crippen LogP contribution in [0.15, 0.2) is 69.2 Å². The van der Waals surface area contributed by atoms with E-state index < -0.39 is 0 Å². The number of amides is 1. The fourth-order valence-electron chi connectivity index (χ4n) is 2.10. The SMILES string of the molecule is O=C(CSc1ccc2ccccc2n1)N/N=C\c1cc(Br)ccc1O. The van der Waals surface area contributed by atoms with Crippen molar-refractivity contribution in [2.75, 3.05) is 5.75 Å². The van der Waals surface area contributed by atoms with Gasteiger partial charge in [0.05, 0.1) is 22.5 Å². The summed E-state index contributed by atoms with van der Waals surface area (Å²) in [5.74, 6) is 0.0503. The summed E-state index contributed by atoms with van der Waals surface area (Å²) in [6, 6.07) is 16.7. The molecule has 0 spiro atoms. The molecule has 0 aliphatic rings. The van der Waals surface area contributed by atoms with Gasteiger partial charge in [-0.2, -0.15) is 5.10 Å². The maximum atomic E-state index is 11.9. The molecule has 2 aromatic carbocycles. The molecule has 0 fully saturated rings. The molecule has 0 saturated heterocycles. The van der Waals surface area contributed by atoms with Gasteiger partial charge in [0, 0.05) is 15.4 Å². The number of nitrogens with one attached hydrogen (secondary N) is 1. The molecule has 0 bridgehead atoms. The van der Waals surface area contributed by atoms with E-state index in [1.807, 2.05) is 36.4 Å². The quantitative estimate of drug-likeness (QED) is 0.375. The number of hydrogen-bond donors (Lipinski definition) is 2. The molecular formula is C18H14BrN3O2S. The summed E-state index contributed by atoms with van der Waals surface area (Å²) in [6.45, 7) is 0. The number of phenols is 1. The van der Waals surface area contributed by atoms with Crippen LogP contribution in [-0.2, 0) is 4.79 Å². The number of pyridine rings is 1. The van der Waals surface area contributed by atoms with Crippen molar-refractivity contribution in [2.24, 2.45) is 5.10 Å². The lowest BCUT2D eigenvalue weighted by Gasteiger charge is -2.03. The normalized spacial score (nSPS) is 11.1. The lowest BCUT2D eigenvalue weighted by molar-refractivity contribution is -0.118. The number of benzene rings is 2. The third kappa shape index (κ3) is 4.80. The number of phenolic OH excluding ortho intramolecular Hbond substituents is 1. The van der Waals surface area contributed by atoms with Gasteiger partial charge in [-0.05, 0) is 30.3 Å². The third-order valence-electron chi connectivity index (χ3n) is 3.31. The second-order valence-electron chi connectivity index (χ2n) is 5.13. The number of halogens is 1. The van der Waals surface area contributed by atoms with E-state index in [4.69, 9.17) is 0 Å². The summed E-state index contributed by atoms with van der Waals surface area (Å²) in [6.07, 6.45) is 1.40. The summed E-state index contributed by atoms with van der Waals surface area (Å²) in [7, 11) is 0. The van der Waals surface area contributed by atoms with E-state index in [9.17, 15) is 9.90 Å². The monoisotopic (exact) mass is 415 g/mol. The zero-order chi connectivity index (χ0) is 17.6. The van der Waals surface area contributed by atoms with Gasteiger partial charge in [-0.15, -0.1) is 0 Å². The van der Waals surface area contributed by atoms with Gasteiger partial charge in [-0.25, -0.2) is 10.4 Å². The Kier molecular flexibility index (Phi) is 5.67. The fourth-order valence-corrected chi connectivity index (χ4v) is 3.15. The standard InChI is InChI=1S/C18H14BrN3O2S/c19-14-6-7-16(23)13(9-14)10-20-22-17(24)11-25-18-8-5-12-3-1-2-4-15(12)21-18/h1-10,23H,11H2,(H,22,24)/b20-10-. The first-order valence-electron chi connectivity index (χ1n) is 7.41. The maximum Gasteiger partial charge on any atom is 0.250 e. The van der Waals surface area contributed by atoms with Crippen molar-refractivity contribution in [1.82, 2.24) is 10.4 Å². The average Bonchev–Trinajstić information content (AvgIpc) is 2.62. The molecule has 126 valence electrons. The highest BCUT2D eigenvalue weighted by Crippen LogP contribution is 2.21. The second-order valence-corrected chi connectivity index (χ2v) is 7.04. The zero-order valence-electron chi connectivity index (χ0n) is 13.0. The Labute approximate surface area is 157 Å². The molecule has 0 atom stereocenters. The van der Waals surface area contributed by atoms with E-state index in [0.717, 1.165) is 20.4 Å². The molecule has 2 N–H and O–H groups in total. The summed E-state index contributed by atoms with van der Waals surface area (Å²) < 4.78 is 0.816. The number of hydrazone groups is 1. The van der Waals surface area contributed by atoms with Crippen LogP contribution >= 0.6 is 27.7 Å². The zero-order valence-corrected chi connectivity index (χ0v) is 15.4. The van der Waals surface area contributed by atoms with Crippen molar-refractivity contribution >= 4 is 50.7 Å². The Hall–Kier alpha value is -2.38. The molecule has 7 heteroatoms. The van der Waals surface area contributed by atoms with Gasteiger partial charge < -0.3 is 5.11 Å². The molecule has 3 rings (SSSR count). The molecule has 1 heterocycles. The van der Waals surface area contributed by atoms with Crippen molar-refractivity contribution in [3.05, 3.63) is 64.6 Å². The van der Waals surface area contributed by atoms with Crippen molar-refractivity contribution in [2.45, 2.75) is 5.03 Å². The van der Waals surface area contributed by atoms with E-state index in [0.29, 0.717) is 5.56 Å². The van der Waals surface area contributed by atoms with Gasteiger partial charge in [-0.3, -0.25) is 4.79 Å². The molecule has 0 unspecified atom stereocenters. The summed E-state index contributed by atoms with van der Waals surface area (Å²) in [5.41, 5.74) is 3.85. The molecule has 0 saturated carbocycles. The number of carbonyl (C=O) groups excluding carboxylic acids is 1. The highest BCUT2D eigenvalue weighted by Gasteiger charge is 2.04. The fraction of sp³-hybridized carbons (Fsp3) is 0.0556. The molecular weight excluding hydrogens is 402 g/mol. The van der Waals surface area contributed by atoms with E-state index in [1.165, 1.54) is 18.0 Å². The van der Waals surface area contributed by atoms with Crippen LogP contribution < -0.4 is 5.43 Å². The van der Waals surface area contributed by atoms with Crippen LogP contribution in [-0.4, -0.2) is 28.0 Å². The summed E-state index contributed by atoms with van der Waals surface area (Å²) >= 11 is 4.66. The summed E-state index contributed by atoms with van der Waals surface area (Å²) in [5, 5.41) is 15.4. The Morgan fingerprint density at radius 3 is 2.96 bits per heavy atom. The Balaban J connectivity index is 1.55. The third-order valence-corrected chi connectivity index (χ3v) is 4.73. The van der Waals surface area contributed by atoms with Crippen LogP contribution in [0.1, 0.15) is 5.56 Å². The van der Waals surface area contributed by atoms with Crippen LogP contribution in [0, 0.1) is 0 Å². The number of aromatic hydroxyl groups is 1. The van der Waals surface area contributed by atoms with Crippen LogP contribution in [0.25, 0.3) is 10.9 Å². The smallest absolute Gasteiger partial charge is 0.250 e. The molecule has 25 heavy (non-hydrogen) atoms. The van der Waals surface area contributed by atoms with Gasteiger partial charge in [0.15, 0.2) is 0 Å². The molecule has 0 radical (unpaired) electrons. The minimum atomic E-state index is -0.245. The van der Waals surface area contributed by atoms with E-state index in [1.54, 1.807) is 18.2 Å². The highest BCUT2D eigenvalue weighted by molar-refractivity contribution is 9.10. The van der Waals surface area contributed by atoms with Crippen molar-refractivity contribution in [3.8, 4) is 5.75 Å². The number of para-hydroxylation sites is 1. The van der Waals surface area contributed by atoms with Crippen molar-refractivity contribution in [1.29, 1.82) is 0 Å². The number of fused-ring (bicyclic) bond motifs is 1. The largest absolute Gasteiger partial charge is 0.507 e. The lowest BCUT2D eigenvalue weighted by atomic mass is 10.2. The molecule has 5 nitrogen and oxygen atoms in total. The van der Waals surface area contributed by atoms with Gasteiger partial charge in [0.2, 0.25) is 5.91 Å². The number of rotatable bonds is 5. The minimum absolute atomic E-state index is 0.0935. The van der Waals surface area contributed by atoms with Crippen LogP contribution in [0.5, 0.6) is 5.75 Å². The van der Waals surface area contributed by atoms with Crippen LogP contribution in [0.3, 0.4) is 0 Å². The Morgan fingerprint density at radius 2 is 2.08 bits per heavy atom. The lowest BCUT2D eigenvalue weighted by Crippen LogP contribution is -2.19. The average molecular weight is 416 g/mol. The van der Waals surface area contributed by atoms with Gasteiger partial charge in [0.25, 0.3) is 0 Å². The first-order chi connectivity index (χ1) is 12.1. The van der Waals surface area contributed by atoms with Crippen LogP contribution in [0.2, 0.25) is 0 Å². The number of carbonyl (C=O) groups is 1. The van der Waals surface area contributed by atoms with Gasteiger partial charge >= 0.3 is 0 Å². The maximum absolute atomic E-state index is 11.9. The summed E-state index contributed by atoms with van der Waals surface area (Å²) in [4.78, 5) is 16.4. The molecule has 0 aliphatic carbocycles. The first kappa shape index (κ1) is 17.4. The molecule has 3 aromatic rings. The van der Waals surface area contributed by atoms with Gasteiger partial charge in [-0.1, -0.05) is 52.0 Å². The van der Waals surface area contributed by atoms with Crippen LogP contribution in [0.4, 0.5) is 0 Å². The van der Waals surface area contributed by atoms with E-state index in [-0.39, 0.29) is 17.4 Å². The number of thioether (sulfide) groups is 1. The Morgan fingerprint density at radius 1 is 1.24 bits per heavy atom. The molecule has 0 aliphatic heterocycles. The Bertz CT molecular complexity index is 947. The highest BCUT2D eigenvalue weighted by atomic mass is 79.9. The first-order valence-corrected chi connectivity index (χ1v) is 9.19. The predicted molar refractivity (Wildman–Crippen MR) is 104 cm³/mol. The number of hydrogen-bond acceptors (Lipinski definition) is 5. The van der Waals surface area contributed by atoms with Gasteiger partial charge in [0.1, 0.15) is 5.75 Å². The van der Waals surface area contributed by atoms with Crippen molar-refractivity contribution < 1.29 is 9.90 Å². The van der Waals surface area contributed by atoms with E-state index >= 15 is 0 Å². The molecule has 1 amide bonds. The van der Waals surface area contributed by atoms with Crippen molar-refractivity contribution in [3.63, 3.8) is 0 Å². The topological polar surface area (TPSA) is 74.6 Å².